The number of amides is 1. The zero-order valence-electron chi connectivity index (χ0n) is 15.5. The van der Waals surface area contributed by atoms with E-state index in [0.29, 0.717) is 27.2 Å². The van der Waals surface area contributed by atoms with E-state index in [1.807, 2.05) is 20.8 Å². The van der Waals surface area contributed by atoms with Gasteiger partial charge in [0.25, 0.3) is 0 Å². The van der Waals surface area contributed by atoms with E-state index in [4.69, 9.17) is 0 Å². The van der Waals surface area contributed by atoms with Crippen molar-refractivity contribution in [3.8, 4) is 0 Å². The molecule has 0 radical (unpaired) electrons. The molecule has 0 saturated heterocycles. The van der Waals surface area contributed by atoms with Gasteiger partial charge in [-0.1, -0.05) is 20.8 Å². The standard InChI is InChI=1S/C19H19F4N3OS/c1-18(2,3)9-16(27)25-17-12(20)8-14-13(24-17)6-7-26(14)10-11-4-5-15(28-11)19(21,22)23/h4-8H,9-10H2,1-3H3,(H,24,25,27). The number of carbonyl (C=O) groups excluding carboxylic acids is 1. The first-order chi connectivity index (χ1) is 12.9. The summed E-state index contributed by atoms with van der Waals surface area (Å²) in [7, 11) is 0. The van der Waals surface area contributed by atoms with Gasteiger partial charge in [0, 0.05) is 23.6 Å². The van der Waals surface area contributed by atoms with Crippen LogP contribution in [-0.4, -0.2) is 15.5 Å². The normalized spacial score (nSPS) is 12.5. The summed E-state index contributed by atoms with van der Waals surface area (Å²) in [4.78, 5) is 16.0. The number of halogens is 4. The van der Waals surface area contributed by atoms with Gasteiger partial charge in [0.15, 0.2) is 11.6 Å². The molecule has 4 nitrogen and oxygen atoms in total. The SMILES string of the molecule is CC(C)(C)CC(=O)Nc1nc2ccn(Cc3ccc(C(F)(F)F)s3)c2cc1F. The summed E-state index contributed by atoms with van der Waals surface area (Å²) in [5.74, 6) is -1.19. The second kappa shape index (κ2) is 7.20. The second-order valence-corrected chi connectivity index (χ2v) is 8.88. The van der Waals surface area contributed by atoms with Crippen LogP contribution in [0.15, 0.2) is 30.5 Å². The minimum absolute atomic E-state index is 0.157. The predicted molar refractivity (Wildman–Crippen MR) is 101 cm³/mol. The van der Waals surface area contributed by atoms with E-state index in [9.17, 15) is 22.4 Å². The number of alkyl halides is 3. The molecule has 150 valence electrons. The molecular weight excluding hydrogens is 394 g/mol. The van der Waals surface area contributed by atoms with Crippen molar-refractivity contribution in [3.63, 3.8) is 0 Å². The maximum atomic E-state index is 14.4. The number of pyridine rings is 1. The third-order valence-corrected chi connectivity index (χ3v) is 5.04. The molecule has 1 N–H and O–H groups in total. The van der Waals surface area contributed by atoms with E-state index >= 15 is 0 Å². The fraction of sp³-hybridized carbons (Fsp3) is 0.368. The lowest BCUT2D eigenvalue weighted by Crippen LogP contribution is -2.20. The molecule has 0 aromatic carbocycles. The predicted octanol–water partition coefficient (Wildman–Crippen LogP) is 5.68. The van der Waals surface area contributed by atoms with Crippen LogP contribution in [0.2, 0.25) is 0 Å². The molecule has 0 atom stereocenters. The highest BCUT2D eigenvalue weighted by Gasteiger charge is 2.32. The zero-order valence-corrected chi connectivity index (χ0v) is 16.3. The maximum absolute atomic E-state index is 14.4. The smallest absolute Gasteiger partial charge is 0.341 e. The summed E-state index contributed by atoms with van der Waals surface area (Å²) >= 11 is 0.651. The van der Waals surface area contributed by atoms with Crippen LogP contribution < -0.4 is 5.32 Å². The Morgan fingerprint density at radius 3 is 2.54 bits per heavy atom. The number of thiophene rings is 1. The minimum atomic E-state index is -4.38. The van der Waals surface area contributed by atoms with Gasteiger partial charge in [0.2, 0.25) is 5.91 Å². The third-order valence-electron chi connectivity index (χ3n) is 3.92. The molecule has 0 unspecified atom stereocenters. The maximum Gasteiger partial charge on any atom is 0.425 e. The fourth-order valence-corrected chi connectivity index (χ4v) is 3.63. The van der Waals surface area contributed by atoms with Crippen LogP contribution in [-0.2, 0) is 17.5 Å². The summed E-state index contributed by atoms with van der Waals surface area (Å²) in [5.41, 5.74) is 0.637. The summed E-state index contributed by atoms with van der Waals surface area (Å²) in [6.45, 7) is 5.86. The van der Waals surface area contributed by atoms with E-state index in [0.717, 1.165) is 6.07 Å². The monoisotopic (exact) mass is 413 g/mol. The minimum Gasteiger partial charge on any atom is -0.341 e. The number of hydrogen-bond acceptors (Lipinski definition) is 3. The van der Waals surface area contributed by atoms with Gasteiger partial charge in [0.05, 0.1) is 17.6 Å². The number of rotatable bonds is 4. The van der Waals surface area contributed by atoms with Gasteiger partial charge in [-0.2, -0.15) is 13.2 Å². The van der Waals surface area contributed by atoms with Crippen molar-refractivity contribution in [2.24, 2.45) is 5.41 Å². The molecule has 0 aliphatic rings. The van der Waals surface area contributed by atoms with E-state index in [1.165, 1.54) is 12.1 Å². The van der Waals surface area contributed by atoms with Crippen molar-refractivity contribution >= 4 is 34.1 Å². The van der Waals surface area contributed by atoms with Gasteiger partial charge in [-0.05, 0) is 23.6 Å². The van der Waals surface area contributed by atoms with Crippen molar-refractivity contribution in [1.29, 1.82) is 0 Å². The molecule has 0 aliphatic carbocycles. The number of carbonyl (C=O) groups is 1. The van der Waals surface area contributed by atoms with Crippen LogP contribution in [0.1, 0.15) is 36.9 Å². The highest BCUT2D eigenvalue weighted by Crippen LogP contribution is 2.35. The van der Waals surface area contributed by atoms with Gasteiger partial charge in [0.1, 0.15) is 4.88 Å². The van der Waals surface area contributed by atoms with E-state index in [-0.39, 0.29) is 30.1 Å². The average molecular weight is 413 g/mol. The van der Waals surface area contributed by atoms with Crippen LogP contribution in [0.3, 0.4) is 0 Å². The van der Waals surface area contributed by atoms with Gasteiger partial charge >= 0.3 is 6.18 Å². The van der Waals surface area contributed by atoms with Crippen molar-refractivity contribution < 1.29 is 22.4 Å². The van der Waals surface area contributed by atoms with Crippen molar-refractivity contribution in [2.45, 2.75) is 39.9 Å². The lowest BCUT2D eigenvalue weighted by atomic mass is 9.92. The third kappa shape index (κ3) is 4.70. The number of nitrogens with one attached hydrogen (secondary N) is 1. The fourth-order valence-electron chi connectivity index (χ4n) is 2.75. The quantitative estimate of drug-likeness (QED) is 0.560. The van der Waals surface area contributed by atoms with E-state index in [2.05, 4.69) is 10.3 Å². The van der Waals surface area contributed by atoms with Crippen LogP contribution >= 0.6 is 11.3 Å². The first-order valence-corrected chi connectivity index (χ1v) is 9.35. The van der Waals surface area contributed by atoms with Crippen LogP contribution in [0.5, 0.6) is 0 Å². The molecule has 9 heteroatoms. The Hall–Kier alpha value is -2.42. The first kappa shape index (κ1) is 20.3. The van der Waals surface area contributed by atoms with E-state index < -0.39 is 16.9 Å². The molecule has 3 rings (SSSR count). The Labute approximate surface area is 163 Å². The number of aromatic nitrogens is 2. The Balaban J connectivity index is 1.82. The summed E-state index contributed by atoms with van der Waals surface area (Å²) in [6.07, 6.45) is -2.53. The largest absolute Gasteiger partial charge is 0.425 e. The lowest BCUT2D eigenvalue weighted by molar-refractivity contribution is -0.134. The van der Waals surface area contributed by atoms with E-state index in [1.54, 1.807) is 16.8 Å². The summed E-state index contributed by atoms with van der Waals surface area (Å²) < 4.78 is 54.3. The Morgan fingerprint density at radius 2 is 1.93 bits per heavy atom. The Bertz CT molecular complexity index is 1010. The number of nitrogens with zero attached hydrogens (tertiary/aromatic N) is 2. The summed E-state index contributed by atoms with van der Waals surface area (Å²) in [5, 5.41) is 2.48. The lowest BCUT2D eigenvalue weighted by Gasteiger charge is -2.17. The van der Waals surface area contributed by atoms with Gasteiger partial charge in [-0.25, -0.2) is 9.37 Å². The first-order valence-electron chi connectivity index (χ1n) is 8.53. The number of anilines is 1. The molecule has 3 aromatic rings. The molecule has 3 heterocycles. The Kier molecular flexibility index (Phi) is 5.22. The highest BCUT2D eigenvalue weighted by atomic mass is 32.1. The van der Waals surface area contributed by atoms with Gasteiger partial charge in [-0.3, -0.25) is 4.79 Å². The van der Waals surface area contributed by atoms with Crippen LogP contribution in [0.25, 0.3) is 11.0 Å². The highest BCUT2D eigenvalue weighted by molar-refractivity contribution is 7.12. The molecule has 28 heavy (non-hydrogen) atoms. The van der Waals surface area contributed by atoms with Gasteiger partial charge in [-0.15, -0.1) is 11.3 Å². The average Bonchev–Trinajstić information content (AvgIpc) is 3.14. The topological polar surface area (TPSA) is 46.9 Å². The van der Waals surface area contributed by atoms with Crippen LogP contribution in [0.4, 0.5) is 23.4 Å². The molecule has 3 aromatic heterocycles. The zero-order chi connectivity index (χ0) is 20.7. The molecular formula is C19H19F4N3OS. The molecule has 0 fully saturated rings. The Morgan fingerprint density at radius 1 is 1.21 bits per heavy atom. The second-order valence-electron chi connectivity index (χ2n) is 7.72. The molecule has 1 amide bonds. The van der Waals surface area contributed by atoms with Crippen molar-refractivity contribution in [3.05, 3.63) is 46.0 Å². The molecule has 0 bridgehead atoms. The molecule has 0 spiro atoms. The molecule has 0 aliphatic heterocycles. The number of fused-ring (bicyclic) bond motifs is 1. The molecule has 0 saturated carbocycles. The van der Waals surface area contributed by atoms with Crippen molar-refractivity contribution in [2.75, 3.05) is 5.32 Å². The van der Waals surface area contributed by atoms with Crippen molar-refractivity contribution in [1.82, 2.24) is 9.55 Å². The van der Waals surface area contributed by atoms with Gasteiger partial charge < -0.3 is 9.88 Å². The van der Waals surface area contributed by atoms with Crippen LogP contribution in [0, 0.1) is 11.2 Å². The summed E-state index contributed by atoms with van der Waals surface area (Å²) in [6, 6.07) is 5.30. The number of hydrogen-bond donors (Lipinski definition) is 1.